The second-order valence-electron chi connectivity index (χ2n) is 7.15. The van der Waals surface area contributed by atoms with Crippen molar-refractivity contribution in [3.8, 4) is 5.75 Å². The molecule has 0 bridgehead atoms. The monoisotopic (exact) mass is 371 g/mol. The Morgan fingerprint density at radius 3 is 2.54 bits per heavy atom. The molecule has 8 heteroatoms. The second kappa shape index (κ2) is 6.81. The molecule has 1 saturated carbocycles. The Bertz CT molecular complexity index is 706. The number of benzene rings is 1. The summed E-state index contributed by atoms with van der Waals surface area (Å²) in [5, 5.41) is 9.22. The fourth-order valence-electron chi connectivity index (χ4n) is 3.76. The third kappa shape index (κ3) is 4.11. The van der Waals surface area contributed by atoms with Gasteiger partial charge in [-0.3, -0.25) is 9.59 Å². The molecule has 1 aliphatic carbocycles. The third-order valence-electron chi connectivity index (χ3n) is 4.97. The van der Waals surface area contributed by atoms with E-state index in [-0.39, 0.29) is 30.0 Å². The fraction of sp³-hybridized carbons (Fsp3) is 0.556. The highest BCUT2D eigenvalue weighted by molar-refractivity contribution is 5.84. The number of nitrogens with zero attached hydrogens (tertiary/aromatic N) is 1. The molecule has 4 atom stereocenters. The molecule has 1 heterocycles. The van der Waals surface area contributed by atoms with Gasteiger partial charge in [0.2, 0.25) is 5.91 Å². The van der Waals surface area contributed by atoms with Gasteiger partial charge < -0.3 is 14.7 Å². The molecule has 0 radical (unpaired) electrons. The van der Waals surface area contributed by atoms with E-state index in [0.717, 1.165) is 0 Å². The van der Waals surface area contributed by atoms with E-state index in [0.29, 0.717) is 24.9 Å². The molecule has 0 aromatic heterocycles. The van der Waals surface area contributed by atoms with Crippen LogP contribution in [0.3, 0.4) is 0 Å². The van der Waals surface area contributed by atoms with Crippen LogP contribution < -0.4 is 4.74 Å². The smallest absolute Gasteiger partial charge is 0.481 e. The van der Waals surface area contributed by atoms with Crippen molar-refractivity contribution in [3.05, 3.63) is 29.8 Å². The number of carboxylic acid groups (broad SMARTS) is 1. The van der Waals surface area contributed by atoms with Gasteiger partial charge in [0.1, 0.15) is 5.75 Å². The minimum Gasteiger partial charge on any atom is -0.481 e. The predicted octanol–water partition coefficient (Wildman–Crippen LogP) is 3.26. The van der Waals surface area contributed by atoms with Gasteiger partial charge in [-0.15, -0.1) is 13.2 Å². The molecule has 1 saturated heterocycles. The zero-order valence-electron chi connectivity index (χ0n) is 14.2. The maximum Gasteiger partial charge on any atom is 0.573 e. The van der Waals surface area contributed by atoms with Crippen LogP contribution in [-0.4, -0.2) is 41.3 Å². The summed E-state index contributed by atoms with van der Waals surface area (Å²) in [5.41, 5.74) is 0.364. The summed E-state index contributed by atoms with van der Waals surface area (Å²) in [7, 11) is 0. The number of carboxylic acids is 1. The molecule has 4 unspecified atom stereocenters. The number of likely N-dealkylation sites (tertiary alicyclic amines) is 1. The number of aliphatic carboxylic acids is 1. The first kappa shape index (κ1) is 18.5. The molecule has 142 valence electrons. The van der Waals surface area contributed by atoms with Crippen LogP contribution in [0.1, 0.15) is 31.2 Å². The number of alkyl halides is 3. The Morgan fingerprint density at radius 2 is 1.88 bits per heavy atom. The largest absolute Gasteiger partial charge is 0.573 e. The van der Waals surface area contributed by atoms with Crippen molar-refractivity contribution in [1.29, 1.82) is 0 Å². The SMILES string of the molecule is CC1CC(C(=O)O)CN(C(=O)C2CC2c2ccccc2OC(F)(F)F)C1. The molecule has 1 aromatic rings. The van der Waals surface area contributed by atoms with Gasteiger partial charge in [-0.25, -0.2) is 0 Å². The number of amides is 1. The molecule has 5 nitrogen and oxygen atoms in total. The maximum absolute atomic E-state index is 12.7. The zero-order chi connectivity index (χ0) is 19.1. The van der Waals surface area contributed by atoms with E-state index in [1.165, 1.54) is 18.2 Å². The second-order valence-corrected chi connectivity index (χ2v) is 7.15. The van der Waals surface area contributed by atoms with E-state index in [4.69, 9.17) is 0 Å². The van der Waals surface area contributed by atoms with Crippen LogP contribution in [0.4, 0.5) is 13.2 Å². The van der Waals surface area contributed by atoms with Gasteiger partial charge in [-0.1, -0.05) is 25.1 Å². The van der Waals surface area contributed by atoms with E-state index in [1.54, 1.807) is 11.0 Å². The predicted molar refractivity (Wildman–Crippen MR) is 85.5 cm³/mol. The lowest BCUT2D eigenvalue weighted by Gasteiger charge is -2.35. The Morgan fingerprint density at radius 1 is 1.19 bits per heavy atom. The van der Waals surface area contributed by atoms with Crippen LogP contribution in [0.2, 0.25) is 0 Å². The molecule has 26 heavy (non-hydrogen) atoms. The van der Waals surface area contributed by atoms with Gasteiger partial charge in [0.15, 0.2) is 0 Å². The number of hydrogen-bond acceptors (Lipinski definition) is 3. The molecule has 3 rings (SSSR count). The average Bonchev–Trinajstić information content (AvgIpc) is 3.33. The molecule has 0 spiro atoms. The van der Waals surface area contributed by atoms with E-state index < -0.39 is 24.2 Å². The zero-order valence-corrected chi connectivity index (χ0v) is 14.2. The van der Waals surface area contributed by atoms with E-state index >= 15 is 0 Å². The van der Waals surface area contributed by atoms with Crippen molar-refractivity contribution in [2.45, 2.75) is 32.0 Å². The maximum atomic E-state index is 12.7. The Hall–Kier alpha value is -2.25. The van der Waals surface area contributed by atoms with Crippen LogP contribution in [0.15, 0.2) is 24.3 Å². The first-order valence-electron chi connectivity index (χ1n) is 8.52. The van der Waals surface area contributed by atoms with E-state index in [2.05, 4.69) is 4.74 Å². The summed E-state index contributed by atoms with van der Waals surface area (Å²) >= 11 is 0. The average molecular weight is 371 g/mol. The lowest BCUT2D eigenvalue weighted by Crippen LogP contribution is -2.46. The fourth-order valence-corrected chi connectivity index (χ4v) is 3.76. The molecular weight excluding hydrogens is 351 g/mol. The molecule has 2 fully saturated rings. The molecular formula is C18H20F3NO4. The van der Waals surface area contributed by atoms with Gasteiger partial charge in [0.05, 0.1) is 5.92 Å². The number of halogens is 3. The first-order chi connectivity index (χ1) is 12.2. The van der Waals surface area contributed by atoms with Crippen LogP contribution >= 0.6 is 0 Å². The summed E-state index contributed by atoms with van der Waals surface area (Å²) in [6, 6.07) is 5.85. The number of hydrogen-bond donors (Lipinski definition) is 1. The highest BCUT2D eigenvalue weighted by atomic mass is 19.4. The number of carbonyl (C=O) groups excluding carboxylic acids is 1. The topological polar surface area (TPSA) is 66.8 Å². The summed E-state index contributed by atoms with van der Waals surface area (Å²) in [6.07, 6.45) is -3.82. The van der Waals surface area contributed by atoms with Crippen molar-refractivity contribution in [2.75, 3.05) is 13.1 Å². The van der Waals surface area contributed by atoms with Crippen molar-refractivity contribution in [1.82, 2.24) is 4.90 Å². The number of piperidine rings is 1. The van der Waals surface area contributed by atoms with Gasteiger partial charge in [-0.05, 0) is 36.3 Å². The highest BCUT2D eigenvalue weighted by Crippen LogP contribution is 2.52. The van der Waals surface area contributed by atoms with Crippen LogP contribution in [0.25, 0.3) is 0 Å². The summed E-state index contributed by atoms with van der Waals surface area (Å²) in [4.78, 5) is 25.5. The Kier molecular flexibility index (Phi) is 4.86. The quantitative estimate of drug-likeness (QED) is 0.882. The highest BCUT2D eigenvalue weighted by Gasteiger charge is 2.49. The molecule has 1 amide bonds. The van der Waals surface area contributed by atoms with Crippen molar-refractivity contribution >= 4 is 11.9 Å². The number of para-hydroxylation sites is 1. The Balaban J connectivity index is 1.71. The van der Waals surface area contributed by atoms with Crippen LogP contribution in [0, 0.1) is 17.8 Å². The van der Waals surface area contributed by atoms with Crippen molar-refractivity contribution in [2.24, 2.45) is 17.8 Å². The Labute approximate surface area is 148 Å². The minimum atomic E-state index is -4.79. The van der Waals surface area contributed by atoms with E-state index in [9.17, 15) is 27.9 Å². The third-order valence-corrected chi connectivity index (χ3v) is 4.97. The molecule has 1 aromatic carbocycles. The van der Waals surface area contributed by atoms with Crippen LogP contribution in [0.5, 0.6) is 5.75 Å². The van der Waals surface area contributed by atoms with Gasteiger partial charge in [0.25, 0.3) is 0 Å². The molecule has 2 aliphatic rings. The van der Waals surface area contributed by atoms with Crippen LogP contribution in [-0.2, 0) is 9.59 Å². The number of ether oxygens (including phenoxy) is 1. The lowest BCUT2D eigenvalue weighted by atomic mass is 9.90. The van der Waals surface area contributed by atoms with E-state index in [1.807, 2.05) is 6.92 Å². The standard InChI is InChI=1S/C18H20F3NO4/c1-10-6-11(17(24)25)9-22(8-10)16(23)14-7-13(14)12-4-2-3-5-15(12)26-18(19,20)21/h2-5,10-11,13-14H,6-9H2,1H3,(H,24,25). The van der Waals surface area contributed by atoms with Crippen molar-refractivity contribution in [3.63, 3.8) is 0 Å². The van der Waals surface area contributed by atoms with Gasteiger partial charge in [-0.2, -0.15) is 0 Å². The summed E-state index contributed by atoms with van der Waals surface area (Å²) < 4.78 is 41.8. The number of rotatable bonds is 4. The lowest BCUT2D eigenvalue weighted by molar-refractivity contribution is -0.274. The molecule has 1 aliphatic heterocycles. The summed E-state index contributed by atoms with van der Waals surface area (Å²) in [5.74, 6) is -2.67. The number of carbonyl (C=O) groups is 2. The summed E-state index contributed by atoms with van der Waals surface area (Å²) in [6.45, 7) is 2.53. The normalized spacial score (nSPS) is 28.5. The van der Waals surface area contributed by atoms with Gasteiger partial charge in [0, 0.05) is 19.0 Å². The van der Waals surface area contributed by atoms with Gasteiger partial charge >= 0.3 is 12.3 Å². The molecule has 1 N–H and O–H groups in total. The minimum absolute atomic E-state index is 0.0758. The first-order valence-corrected chi connectivity index (χ1v) is 8.52. The van der Waals surface area contributed by atoms with Crippen molar-refractivity contribution < 1.29 is 32.6 Å².